The molecule has 0 aliphatic heterocycles. The largest absolute Gasteiger partial charge is 0.464 e. The predicted octanol–water partition coefficient (Wildman–Crippen LogP) is 4.31. The van der Waals surface area contributed by atoms with Crippen molar-refractivity contribution in [2.24, 2.45) is 0 Å². The van der Waals surface area contributed by atoms with Crippen molar-refractivity contribution in [3.05, 3.63) is 71.0 Å². The summed E-state index contributed by atoms with van der Waals surface area (Å²) in [5.41, 5.74) is 2.46. The molecule has 0 spiro atoms. The molecule has 23 heavy (non-hydrogen) atoms. The van der Waals surface area contributed by atoms with Crippen molar-refractivity contribution in [1.82, 2.24) is 0 Å². The fourth-order valence-electron chi connectivity index (χ4n) is 2.35. The van der Waals surface area contributed by atoms with Gasteiger partial charge in [-0.1, -0.05) is 24.3 Å². The molecule has 0 N–H and O–H groups in total. The lowest BCUT2D eigenvalue weighted by Crippen LogP contribution is -2.09. The summed E-state index contributed by atoms with van der Waals surface area (Å²) in [6.45, 7) is 1.64. The van der Waals surface area contributed by atoms with Gasteiger partial charge in [0.1, 0.15) is 12.2 Å². The zero-order valence-corrected chi connectivity index (χ0v) is 12.4. The average molecular weight is 316 g/mol. The zero-order chi connectivity index (χ0) is 16.4. The Morgan fingerprint density at radius 1 is 1.17 bits per heavy atom. The summed E-state index contributed by atoms with van der Waals surface area (Å²) in [5, 5.41) is 0.837. The Bertz CT molecular complexity index is 868. The number of hydrogen-bond donors (Lipinski definition) is 0. The van der Waals surface area contributed by atoms with Gasteiger partial charge in [-0.3, -0.25) is 4.79 Å². The number of fused-ring (bicyclic) bond motifs is 1. The van der Waals surface area contributed by atoms with Crippen molar-refractivity contribution in [1.29, 1.82) is 0 Å². The number of halogens is 2. The molecule has 3 rings (SSSR count). The van der Waals surface area contributed by atoms with Gasteiger partial charge in [-0.25, -0.2) is 8.78 Å². The van der Waals surface area contributed by atoms with Crippen LogP contribution in [0, 0.1) is 18.6 Å². The van der Waals surface area contributed by atoms with Gasteiger partial charge in [-0.2, -0.15) is 0 Å². The lowest BCUT2D eigenvalue weighted by Gasteiger charge is -2.06. The van der Waals surface area contributed by atoms with E-state index in [0.717, 1.165) is 17.0 Å². The van der Waals surface area contributed by atoms with Crippen LogP contribution in [-0.4, -0.2) is 5.97 Å². The maximum Gasteiger partial charge on any atom is 0.310 e. The molecule has 0 saturated heterocycles. The Hall–Kier alpha value is -2.69. The van der Waals surface area contributed by atoms with E-state index in [0.29, 0.717) is 11.1 Å². The number of rotatable bonds is 4. The minimum Gasteiger partial charge on any atom is -0.464 e. The molecule has 1 heterocycles. The van der Waals surface area contributed by atoms with E-state index in [1.165, 1.54) is 18.4 Å². The summed E-state index contributed by atoms with van der Waals surface area (Å²) in [6.07, 6.45) is 1.52. The maximum atomic E-state index is 13.5. The van der Waals surface area contributed by atoms with Gasteiger partial charge in [0.2, 0.25) is 0 Å². The number of aryl methyl sites for hydroxylation is 1. The summed E-state index contributed by atoms with van der Waals surface area (Å²) < 4.78 is 37.0. The van der Waals surface area contributed by atoms with E-state index in [2.05, 4.69) is 0 Å². The average Bonchev–Trinajstić information content (AvgIpc) is 2.91. The third-order valence-electron chi connectivity index (χ3n) is 3.57. The number of ether oxygens (including phenoxy) is 1. The fourth-order valence-corrected chi connectivity index (χ4v) is 2.35. The SMILES string of the molecule is Cc1ccc2c(CC(=O)OCc3cccc(F)c3F)coc2c1. The first kappa shape index (κ1) is 15.2. The van der Waals surface area contributed by atoms with Crippen LogP contribution < -0.4 is 0 Å². The second-order valence-corrected chi connectivity index (χ2v) is 5.31. The Morgan fingerprint density at radius 2 is 2.00 bits per heavy atom. The van der Waals surface area contributed by atoms with Crippen molar-refractivity contribution in [3.8, 4) is 0 Å². The molecule has 3 aromatic rings. The molecule has 0 bridgehead atoms. The molecule has 0 atom stereocenters. The molecule has 0 amide bonds. The fraction of sp³-hybridized carbons (Fsp3) is 0.167. The van der Waals surface area contributed by atoms with Gasteiger partial charge in [0.15, 0.2) is 11.6 Å². The first-order valence-electron chi connectivity index (χ1n) is 7.10. The molecule has 3 nitrogen and oxygen atoms in total. The van der Waals surface area contributed by atoms with Gasteiger partial charge in [-0.05, 0) is 24.6 Å². The molecular formula is C18H14F2O3. The van der Waals surface area contributed by atoms with Crippen LogP contribution in [-0.2, 0) is 22.6 Å². The minimum absolute atomic E-state index is 0.00558. The van der Waals surface area contributed by atoms with Crippen LogP contribution in [0.4, 0.5) is 8.78 Å². The smallest absolute Gasteiger partial charge is 0.310 e. The zero-order valence-electron chi connectivity index (χ0n) is 12.4. The summed E-state index contributed by atoms with van der Waals surface area (Å²) in [7, 11) is 0. The van der Waals surface area contributed by atoms with Crippen LogP contribution in [0.25, 0.3) is 11.0 Å². The summed E-state index contributed by atoms with van der Waals surface area (Å²) in [6, 6.07) is 9.44. The van der Waals surface area contributed by atoms with E-state index in [1.54, 1.807) is 0 Å². The molecule has 0 fully saturated rings. The van der Waals surface area contributed by atoms with Crippen LogP contribution in [0.15, 0.2) is 47.1 Å². The van der Waals surface area contributed by atoms with Gasteiger partial charge in [-0.15, -0.1) is 0 Å². The molecule has 1 aromatic heterocycles. The lowest BCUT2D eigenvalue weighted by molar-refractivity contribution is -0.144. The van der Waals surface area contributed by atoms with Gasteiger partial charge in [0.25, 0.3) is 0 Å². The third-order valence-corrected chi connectivity index (χ3v) is 3.57. The quantitative estimate of drug-likeness (QED) is 0.674. The highest BCUT2D eigenvalue weighted by Gasteiger charge is 2.13. The van der Waals surface area contributed by atoms with Gasteiger partial charge >= 0.3 is 5.97 Å². The predicted molar refractivity (Wildman–Crippen MR) is 80.8 cm³/mol. The van der Waals surface area contributed by atoms with Crippen LogP contribution in [0.5, 0.6) is 0 Å². The first-order chi connectivity index (χ1) is 11.0. The molecule has 5 heteroatoms. The molecule has 118 valence electrons. The number of furan rings is 1. The molecule has 0 saturated carbocycles. The number of benzene rings is 2. The Labute approximate surface area is 131 Å². The molecule has 0 unspecified atom stereocenters. The van der Waals surface area contributed by atoms with Crippen molar-refractivity contribution < 1.29 is 22.7 Å². The van der Waals surface area contributed by atoms with Crippen LogP contribution in [0.1, 0.15) is 16.7 Å². The van der Waals surface area contributed by atoms with Crippen molar-refractivity contribution >= 4 is 16.9 Å². The minimum atomic E-state index is -0.996. The second kappa shape index (κ2) is 6.20. The van der Waals surface area contributed by atoms with Gasteiger partial charge in [0.05, 0.1) is 12.7 Å². The van der Waals surface area contributed by atoms with Crippen LogP contribution in [0.2, 0.25) is 0 Å². The standard InChI is InChI=1S/C18H14F2O3/c1-11-5-6-14-13(10-22-16(14)7-11)8-17(21)23-9-12-3-2-4-15(19)18(12)20/h2-7,10H,8-9H2,1H3. The van der Waals surface area contributed by atoms with Crippen molar-refractivity contribution in [2.45, 2.75) is 20.0 Å². The van der Waals surface area contributed by atoms with Crippen molar-refractivity contribution in [2.75, 3.05) is 0 Å². The van der Waals surface area contributed by atoms with E-state index >= 15 is 0 Å². The molecule has 0 radical (unpaired) electrons. The number of carbonyl (C=O) groups is 1. The highest BCUT2D eigenvalue weighted by Crippen LogP contribution is 2.23. The van der Waals surface area contributed by atoms with E-state index in [9.17, 15) is 13.6 Å². The van der Waals surface area contributed by atoms with E-state index in [1.807, 2.05) is 25.1 Å². The second-order valence-electron chi connectivity index (χ2n) is 5.31. The molecular weight excluding hydrogens is 302 g/mol. The van der Waals surface area contributed by atoms with Crippen LogP contribution in [0.3, 0.4) is 0 Å². The third kappa shape index (κ3) is 3.23. The molecule has 2 aromatic carbocycles. The van der Waals surface area contributed by atoms with Crippen molar-refractivity contribution in [3.63, 3.8) is 0 Å². The number of carbonyl (C=O) groups excluding carboxylic acids is 1. The maximum absolute atomic E-state index is 13.5. The Morgan fingerprint density at radius 3 is 2.83 bits per heavy atom. The first-order valence-corrected chi connectivity index (χ1v) is 7.10. The highest BCUT2D eigenvalue weighted by molar-refractivity contribution is 5.86. The lowest BCUT2D eigenvalue weighted by atomic mass is 10.1. The molecule has 0 aliphatic carbocycles. The van der Waals surface area contributed by atoms with Gasteiger partial charge in [0, 0.05) is 16.5 Å². The molecule has 0 aliphatic rings. The Balaban J connectivity index is 1.68. The van der Waals surface area contributed by atoms with Crippen LogP contribution >= 0.6 is 0 Å². The Kier molecular flexibility index (Phi) is 4.10. The summed E-state index contributed by atoms with van der Waals surface area (Å²) >= 11 is 0. The van der Waals surface area contributed by atoms with E-state index in [4.69, 9.17) is 9.15 Å². The monoisotopic (exact) mass is 316 g/mol. The summed E-state index contributed by atoms with van der Waals surface area (Å²) in [5.74, 6) is -2.49. The number of esters is 1. The number of hydrogen-bond acceptors (Lipinski definition) is 3. The highest BCUT2D eigenvalue weighted by atomic mass is 19.2. The van der Waals surface area contributed by atoms with E-state index < -0.39 is 17.6 Å². The topological polar surface area (TPSA) is 39.4 Å². The van der Waals surface area contributed by atoms with E-state index in [-0.39, 0.29) is 18.6 Å². The normalized spacial score (nSPS) is 10.9. The summed E-state index contributed by atoms with van der Waals surface area (Å²) in [4.78, 5) is 11.9. The van der Waals surface area contributed by atoms with Gasteiger partial charge < -0.3 is 9.15 Å².